The normalized spacial score (nSPS) is 12.5. The summed E-state index contributed by atoms with van der Waals surface area (Å²) in [6.45, 7) is 0. The largest absolute Gasteiger partial charge is 0.256 e. The van der Waals surface area contributed by atoms with Crippen LogP contribution in [0.5, 0.6) is 0 Å². The van der Waals surface area contributed by atoms with Gasteiger partial charge in [-0.25, -0.2) is 15.0 Å². The van der Waals surface area contributed by atoms with Crippen LogP contribution in [-0.2, 0) is 0 Å². The fourth-order valence-electron chi connectivity index (χ4n) is 10.2. The van der Waals surface area contributed by atoms with Gasteiger partial charge in [-0.05, 0) is 109 Å². The van der Waals surface area contributed by atoms with E-state index in [1.165, 1.54) is 16.4 Å². The van der Waals surface area contributed by atoms with E-state index in [4.69, 9.17) is 29.9 Å². The third-order valence-corrected chi connectivity index (χ3v) is 13.2. The summed E-state index contributed by atoms with van der Waals surface area (Å²) in [5.41, 5.74) is 11.5. The zero-order valence-electron chi connectivity index (χ0n) is 35.7. The fourth-order valence-corrected chi connectivity index (χ4v) is 10.2. The second kappa shape index (κ2) is 15.5. The van der Waals surface area contributed by atoms with Gasteiger partial charge in [0.15, 0.2) is 17.5 Å². The molecule has 8 aromatic carbocycles. The van der Waals surface area contributed by atoms with Crippen LogP contribution < -0.4 is 10.6 Å². The molecular weight excluding hydrogens is 805 g/mol. The second-order valence-electron chi connectivity index (χ2n) is 16.8. The van der Waals surface area contributed by atoms with Crippen molar-refractivity contribution >= 4 is 65.8 Å². The fraction of sp³-hybridized carbons (Fsp3) is 0.0333. The molecule has 13 rings (SSSR count). The number of hydrogen-bond acceptors (Lipinski definition) is 6. The Balaban J connectivity index is 1.06. The Hall–Kier alpha value is -8.74. The molecule has 4 heterocycles. The van der Waals surface area contributed by atoms with Crippen LogP contribution in [0.1, 0.15) is 18.4 Å². The summed E-state index contributed by atoms with van der Waals surface area (Å²) in [6, 6.07) is 64.0. The number of aromatic nitrogens is 6. The molecule has 0 aliphatic heterocycles. The summed E-state index contributed by atoms with van der Waals surface area (Å²) >= 11 is 0. The molecule has 6 heteroatoms. The molecule has 66 heavy (non-hydrogen) atoms. The maximum absolute atomic E-state index is 5.44. The van der Waals surface area contributed by atoms with E-state index in [-0.39, 0.29) is 0 Å². The van der Waals surface area contributed by atoms with Crippen molar-refractivity contribution in [1.82, 2.24) is 29.9 Å². The number of rotatable bonds is 6. The number of para-hydroxylation sites is 2. The van der Waals surface area contributed by atoms with Crippen LogP contribution in [0.3, 0.4) is 0 Å². The first-order chi connectivity index (χ1) is 32.7. The highest BCUT2D eigenvalue weighted by Crippen LogP contribution is 2.41. The summed E-state index contributed by atoms with van der Waals surface area (Å²) in [6.07, 6.45) is 9.81. The Morgan fingerprint density at radius 3 is 1.20 bits per heavy atom. The monoisotopic (exact) mass is 842 g/mol. The molecule has 0 radical (unpaired) electrons. The molecule has 0 saturated carbocycles. The topological polar surface area (TPSA) is 77.3 Å². The van der Waals surface area contributed by atoms with Crippen molar-refractivity contribution in [3.63, 3.8) is 0 Å². The maximum Gasteiger partial charge on any atom is 0.164 e. The van der Waals surface area contributed by atoms with E-state index in [1.54, 1.807) is 0 Å². The molecule has 0 N–H and O–H groups in total. The second-order valence-corrected chi connectivity index (χ2v) is 16.8. The van der Waals surface area contributed by atoms with Gasteiger partial charge in [-0.3, -0.25) is 15.0 Å². The molecule has 0 fully saturated rings. The highest BCUT2D eigenvalue weighted by molar-refractivity contribution is 6.10. The maximum atomic E-state index is 5.44. The summed E-state index contributed by atoms with van der Waals surface area (Å²) in [4.78, 5) is 30.9. The van der Waals surface area contributed by atoms with E-state index >= 15 is 0 Å². The predicted octanol–water partition coefficient (Wildman–Crippen LogP) is 12.9. The molecule has 0 bridgehead atoms. The third-order valence-electron chi connectivity index (χ3n) is 13.2. The molecule has 0 unspecified atom stereocenters. The number of benzene rings is 8. The molecule has 0 atom stereocenters. The number of hydrogen-bond donors (Lipinski definition) is 0. The van der Waals surface area contributed by atoms with Crippen LogP contribution in [0.15, 0.2) is 201 Å². The van der Waals surface area contributed by atoms with Gasteiger partial charge in [-0.15, -0.1) is 0 Å². The van der Waals surface area contributed by atoms with Gasteiger partial charge < -0.3 is 0 Å². The highest BCUT2D eigenvalue weighted by atomic mass is 15.0. The van der Waals surface area contributed by atoms with Gasteiger partial charge in [0.25, 0.3) is 0 Å². The van der Waals surface area contributed by atoms with Crippen molar-refractivity contribution < 1.29 is 0 Å². The van der Waals surface area contributed by atoms with E-state index in [9.17, 15) is 0 Å². The minimum Gasteiger partial charge on any atom is -0.256 e. The molecule has 1 aliphatic rings. The van der Waals surface area contributed by atoms with Crippen LogP contribution in [0, 0.1) is 0 Å². The van der Waals surface area contributed by atoms with Crippen LogP contribution in [0.4, 0.5) is 0 Å². The quantitative estimate of drug-likeness (QED) is 0.166. The Morgan fingerprint density at radius 2 is 0.697 bits per heavy atom. The molecule has 0 spiro atoms. The summed E-state index contributed by atoms with van der Waals surface area (Å²) in [5.74, 6) is 1.81. The zero-order valence-corrected chi connectivity index (χ0v) is 35.7. The summed E-state index contributed by atoms with van der Waals surface area (Å²) in [7, 11) is 0. The average molecular weight is 843 g/mol. The number of pyridine rings is 3. The number of fused-ring (bicyclic) bond motifs is 6. The van der Waals surface area contributed by atoms with Gasteiger partial charge in [0, 0.05) is 57.2 Å². The molecule has 0 amide bonds. The van der Waals surface area contributed by atoms with Crippen molar-refractivity contribution in [2.75, 3.05) is 0 Å². The average Bonchev–Trinajstić information content (AvgIpc) is 3.39. The van der Waals surface area contributed by atoms with Crippen molar-refractivity contribution in [2.24, 2.45) is 0 Å². The first-order valence-electron chi connectivity index (χ1n) is 22.4. The van der Waals surface area contributed by atoms with E-state index < -0.39 is 0 Å². The van der Waals surface area contributed by atoms with Crippen LogP contribution in [0.2, 0.25) is 0 Å². The summed E-state index contributed by atoms with van der Waals surface area (Å²) in [5, 5.41) is 10.9. The van der Waals surface area contributed by atoms with Crippen molar-refractivity contribution in [2.45, 2.75) is 12.8 Å². The molecule has 12 aromatic rings. The lowest BCUT2D eigenvalue weighted by Gasteiger charge is -2.17. The Labute approximate surface area is 380 Å². The van der Waals surface area contributed by atoms with E-state index in [0.717, 1.165) is 111 Å². The highest BCUT2D eigenvalue weighted by Gasteiger charge is 2.22. The van der Waals surface area contributed by atoms with E-state index in [0.29, 0.717) is 17.5 Å². The summed E-state index contributed by atoms with van der Waals surface area (Å²) < 4.78 is 0. The lowest BCUT2D eigenvalue weighted by atomic mass is 9.90. The third kappa shape index (κ3) is 6.18. The lowest BCUT2D eigenvalue weighted by Crippen LogP contribution is -2.32. The van der Waals surface area contributed by atoms with Crippen LogP contribution in [0.25, 0.3) is 122 Å². The van der Waals surface area contributed by atoms with Crippen molar-refractivity contribution in [1.29, 1.82) is 0 Å². The Kier molecular flexibility index (Phi) is 8.88. The zero-order chi connectivity index (χ0) is 43.6. The Morgan fingerprint density at radius 1 is 0.303 bits per heavy atom. The molecule has 308 valence electrons. The minimum atomic E-state index is 0.601. The number of nitrogens with zero attached hydrogens (tertiary/aromatic N) is 6. The van der Waals surface area contributed by atoms with E-state index in [2.05, 4.69) is 170 Å². The van der Waals surface area contributed by atoms with Crippen LogP contribution >= 0.6 is 0 Å². The van der Waals surface area contributed by atoms with Gasteiger partial charge >= 0.3 is 0 Å². The van der Waals surface area contributed by atoms with Crippen molar-refractivity contribution in [3.8, 4) is 56.4 Å². The molecule has 1 aliphatic carbocycles. The van der Waals surface area contributed by atoms with Gasteiger partial charge in [0.2, 0.25) is 0 Å². The molecule has 0 saturated heterocycles. The Bertz CT molecular complexity index is 3890. The molecule has 6 nitrogen and oxygen atoms in total. The van der Waals surface area contributed by atoms with Crippen molar-refractivity contribution in [3.05, 3.63) is 217 Å². The van der Waals surface area contributed by atoms with E-state index in [1.807, 2.05) is 36.8 Å². The predicted molar refractivity (Wildman–Crippen MR) is 270 cm³/mol. The smallest absolute Gasteiger partial charge is 0.164 e. The SMILES string of the molecule is C1=c2cccnc2=C(c2ccc(-c3nc(-c4ccc(-c5cccc6cccnc56)c5ccccc45)nc(-c4ccc(-c5cccc6cccnc56)c5ccccc45)n3)c3ccccc23)CC1. The molecule has 4 aromatic heterocycles. The first-order valence-corrected chi connectivity index (χ1v) is 22.4. The van der Waals surface area contributed by atoms with Gasteiger partial charge in [-0.2, -0.15) is 0 Å². The van der Waals surface area contributed by atoms with Crippen LogP contribution in [-0.4, -0.2) is 29.9 Å². The van der Waals surface area contributed by atoms with Gasteiger partial charge in [-0.1, -0.05) is 152 Å². The van der Waals surface area contributed by atoms with Gasteiger partial charge in [0.05, 0.1) is 16.4 Å². The molecular formula is C60H38N6. The minimum absolute atomic E-state index is 0.601. The van der Waals surface area contributed by atoms with Gasteiger partial charge in [0.1, 0.15) is 0 Å². The standard InChI is InChI=1S/C60H38N6/c1-4-22-43-40(19-1)46(49-25-7-13-37-16-10-34-61-55(37)49)28-31-52(43)58-64-59(53-32-29-47(41-20-2-5-23-44(41)53)50-26-8-14-38-17-11-35-62-56(38)50)66-60(65-58)54-33-30-48(42-21-3-6-24-45(42)54)51-27-9-15-39-18-12-36-63-57(39)51/h1-8,10-26,28-36H,9,27H2. The first kappa shape index (κ1) is 37.8. The lowest BCUT2D eigenvalue weighted by molar-refractivity contribution is 1.04.